The average molecular weight is 398 g/mol. The summed E-state index contributed by atoms with van der Waals surface area (Å²) in [6.07, 6.45) is 0. The molecule has 3 unspecified atom stereocenters. The number of nitrogens with two attached hydrogens (primary N) is 1. The van der Waals surface area contributed by atoms with Gasteiger partial charge in [-0.15, -0.1) is 12.4 Å². The fraction of sp³-hybridized carbons (Fsp3) is 0.278. The lowest BCUT2D eigenvalue weighted by Crippen LogP contribution is -2.36. The summed E-state index contributed by atoms with van der Waals surface area (Å²) in [5, 5.41) is 3.03. The van der Waals surface area contributed by atoms with Gasteiger partial charge < -0.3 is 11.1 Å². The van der Waals surface area contributed by atoms with Crippen molar-refractivity contribution in [3.05, 3.63) is 70.2 Å². The highest BCUT2D eigenvalue weighted by atomic mass is 79.9. The van der Waals surface area contributed by atoms with Gasteiger partial charge in [0.1, 0.15) is 0 Å². The van der Waals surface area contributed by atoms with Crippen molar-refractivity contribution in [3.63, 3.8) is 0 Å². The van der Waals surface area contributed by atoms with Crippen molar-refractivity contribution >= 4 is 34.2 Å². The molecular formula is C18H22BrClN2O. The van der Waals surface area contributed by atoms with Gasteiger partial charge in [0.25, 0.3) is 0 Å². The second kappa shape index (κ2) is 9.06. The second-order valence-corrected chi connectivity index (χ2v) is 6.42. The zero-order chi connectivity index (χ0) is 16.1. The minimum Gasteiger partial charge on any atom is -0.349 e. The fourth-order valence-electron chi connectivity index (χ4n) is 2.31. The van der Waals surface area contributed by atoms with Crippen molar-refractivity contribution in [1.29, 1.82) is 0 Å². The molecule has 5 heteroatoms. The lowest BCUT2D eigenvalue weighted by Gasteiger charge is -2.22. The molecule has 0 saturated carbocycles. The van der Waals surface area contributed by atoms with Crippen molar-refractivity contribution in [3.8, 4) is 0 Å². The quantitative estimate of drug-likeness (QED) is 0.786. The first kappa shape index (κ1) is 19.7. The zero-order valence-electron chi connectivity index (χ0n) is 13.2. The molecule has 0 bridgehead atoms. The third-order valence-electron chi connectivity index (χ3n) is 3.87. The molecular weight excluding hydrogens is 376 g/mol. The zero-order valence-corrected chi connectivity index (χ0v) is 15.6. The van der Waals surface area contributed by atoms with E-state index in [0.29, 0.717) is 0 Å². The van der Waals surface area contributed by atoms with Crippen LogP contribution in [0.25, 0.3) is 0 Å². The SMILES string of the molecule is CC(NC(=O)C(C)C(N)c1ccccc1)c1ccc(Br)cc1.Cl. The third kappa shape index (κ3) is 5.34. The summed E-state index contributed by atoms with van der Waals surface area (Å²) in [5.74, 6) is -0.327. The Morgan fingerprint density at radius 1 is 1.00 bits per heavy atom. The van der Waals surface area contributed by atoms with E-state index in [1.807, 2.05) is 68.4 Å². The Morgan fingerprint density at radius 3 is 2.13 bits per heavy atom. The Morgan fingerprint density at radius 2 is 1.57 bits per heavy atom. The Balaban J connectivity index is 0.00000264. The number of halogens is 2. The van der Waals surface area contributed by atoms with Gasteiger partial charge in [0, 0.05) is 10.5 Å². The lowest BCUT2D eigenvalue weighted by atomic mass is 9.94. The molecule has 0 aliphatic heterocycles. The van der Waals surface area contributed by atoms with Crippen LogP contribution in [-0.4, -0.2) is 5.91 Å². The van der Waals surface area contributed by atoms with Gasteiger partial charge in [-0.3, -0.25) is 4.79 Å². The molecule has 0 radical (unpaired) electrons. The van der Waals surface area contributed by atoms with E-state index in [1.165, 1.54) is 0 Å². The normalized spacial score (nSPS) is 14.3. The van der Waals surface area contributed by atoms with E-state index in [-0.39, 0.29) is 36.3 Å². The first-order valence-electron chi connectivity index (χ1n) is 7.35. The maximum Gasteiger partial charge on any atom is 0.225 e. The molecule has 3 nitrogen and oxygen atoms in total. The van der Waals surface area contributed by atoms with E-state index in [2.05, 4.69) is 21.2 Å². The predicted octanol–water partition coefficient (Wildman–Crippen LogP) is 4.38. The van der Waals surface area contributed by atoms with Crippen molar-refractivity contribution in [1.82, 2.24) is 5.32 Å². The van der Waals surface area contributed by atoms with Crippen LogP contribution in [0.15, 0.2) is 59.1 Å². The number of nitrogens with one attached hydrogen (secondary N) is 1. The van der Waals surface area contributed by atoms with Gasteiger partial charge in [-0.1, -0.05) is 65.3 Å². The summed E-state index contributed by atoms with van der Waals surface area (Å²) in [7, 11) is 0. The van der Waals surface area contributed by atoms with E-state index < -0.39 is 0 Å². The number of benzene rings is 2. The van der Waals surface area contributed by atoms with Crippen LogP contribution in [0.5, 0.6) is 0 Å². The smallest absolute Gasteiger partial charge is 0.225 e. The van der Waals surface area contributed by atoms with E-state index in [9.17, 15) is 4.79 Å². The Hall–Kier alpha value is -1.36. The van der Waals surface area contributed by atoms with Crippen LogP contribution in [0.1, 0.15) is 37.1 Å². The summed E-state index contributed by atoms with van der Waals surface area (Å²) in [6.45, 7) is 3.84. The molecule has 124 valence electrons. The number of amides is 1. The van der Waals surface area contributed by atoms with E-state index >= 15 is 0 Å². The molecule has 0 aliphatic carbocycles. The number of hydrogen-bond acceptors (Lipinski definition) is 2. The van der Waals surface area contributed by atoms with Crippen molar-refractivity contribution in [2.75, 3.05) is 0 Å². The molecule has 0 fully saturated rings. The maximum atomic E-state index is 12.4. The second-order valence-electron chi connectivity index (χ2n) is 5.51. The topological polar surface area (TPSA) is 55.1 Å². The van der Waals surface area contributed by atoms with Crippen LogP contribution in [0, 0.1) is 5.92 Å². The highest BCUT2D eigenvalue weighted by Gasteiger charge is 2.23. The highest BCUT2D eigenvalue weighted by molar-refractivity contribution is 9.10. The van der Waals surface area contributed by atoms with Crippen molar-refractivity contribution < 1.29 is 4.79 Å². The van der Waals surface area contributed by atoms with Gasteiger partial charge >= 0.3 is 0 Å². The number of rotatable bonds is 5. The van der Waals surface area contributed by atoms with Gasteiger partial charge in [0.05, 0.1) is 12.0 Å². The van der Waals surface area contributed by atoms with Crippen LogP contribution in [-0.2, 0) is 4.79 Å². The van der Waals surface area contributed by atoms with E-state index in [1.54, 1.807) is 0 Å². The van der Waals surface area contributed by atoms with Crippen molar-refractivity contribution in [2.45, 2.75) is 25.9 Å². The van der Waals surface area contributed by atoms with E-state index in [0.717, 1.165) is 15.6 Å². The molecule has 2 aromatic rings. The lowest BCUT2D eigenvalue weighted by molar-refractivity contribution is -0.125. The molecule has 3 N–H and O–H groups in total. The summed E-state index contributed by atoms with van der Waals surface area (Å²) in [6, 6.07) is 17.3. The first-order valence-corrected chi connectivity index (χ1v) is 8.14. The van der Waals surface area contributed by atoms with Gasteiger partial charge in [-0.05, 0) is 30.2 Å². The standard InChI is InChI=1S/C18H21BrN2O.ClH/c1-12(17(20)15-6-4-3-5-7-15)18(22)21-13(2)14-8-10-16(19)11-9-14;/h3-13,17H,20H2,1-2H3,(H,21,22);1H. The van der Waals surface area contributed by atoms with E-state index in [4.69, 9.17) is 5.73 Å². The molecule has 0 heterocycles. The maximum absolute atomic E-state index is 12.4. The Kier molecular flexibility index (Phi) is 7.76. The first-order chi connectivity index (χ1) is 10.5. The Bertz CT molecular complexity index is 619. The average Bonchev–Trinajstić information content (AvgIpc) is 2.54. The van der Waals surface area contributed by atoms with Crippen LogP contribution in [0.3, 0.4) is 0 Å². The number of carbonyl (C=O) groups excluding carboxylic acids is 1. The van der Waals surface area contributed by atoms with Crippen LogP contribution < -0.4 is 11.1 Å². The van der Waals surface area contributed by atoms with Crippen LogP contribution in [0.2, 0.25) is 0 Å². The van der Waals surface area contributed by atoms with Gasteiger partial charge in [-0.2, -0.15) is 0 Å². The van der Waals surface area contributed by atoms with Crippen LogP contribution >= 0.6 is 28.3 Å². The van der Waals surface area contributed by atoms with Crippen molar-refractivity contribution in [2.24, 2.45) is 11.7 Å². The molecule has 1 amide bonds. The molecule has 23 heavy (non-hydrogen) atoms. The predicted molar refractivity (Wildman–Crippen MR) is 100 cm³/mol. The van der Waals surface area contributed by atoms with Gasteiger partial charge in [0.2, 0.25) is 5.91 Å². The molecule has 3 atom stereocenters. The molecule has 2 aromatic carbocycles. The molecule has 0 saturated heterocycles. The number of hydrogen-bond donors (Lipinski definition) is 2. The third-order valence-corrected chi connectivity index (χ3v) is 4.39. The minimum absolute atomic E-state index is 0. The Labute approximate surface area is 152 Å². The largest absolute Gasteiger partial charge is 0.349 e. The van der Waals surface area contributed by atoms with Gasteiger partial charge in [-0.25, -0.2) is 0 Å². The number of carbonyl (C=O) groups is 1. The molecule has 0 aromatic heterocycles. The molecule has 0 spiro atoms. The molecule has 0 aliphatic rings. The fourth-order valence-corrected chi connectivity index (χ4v) is 2.57. The summed E-state index contributed by atoms with van der Waals surface area (Å²) >= 11 is 3.41. The minimum atomic E-state index is -0.307. The highest BCUT2D eigenvalue weighted by Crippen LogP contribution is 2.21. The van der Waals surface area contributed by atoms with Crippen LogP contribution in [0.4, 0.5) is 0 Å². The summed E-state index contributed by atoms with van der Waals surface area (Å²) in [5.41, 5.74) is 8.25. The molecule has 2 rings (SSSR count). The van der Waals surface area contributed by atoms with Gasteiger partial charge in [0.15, 0.2) is 0 Å². The monoisotopic (exact) mass is 396 g/mol. The summed E-state index contributed by atoms with van der Waals surface area (Å²) < 4.78 is 1.02. The summed E-state index contributed by atoms with van der Waals surface area (Å²) in [4.78, 5) is 12.4.